The minimum absolute atomic E-state index is 0.0207. The predicted octanol–water partition coefficient (Wildman–Crippen LogP) is 2.95. The van der Waals surface area contributed by atoms with Crippen LogP contribution in [0.3, 0.4) is 0 Å². The summed E-state index contributed by atoms with van der Waals surface area (Å²) in [7, 11) is 0. The van der Waals surface area contributed by atoms with E-state index < -0.39 is 0 Å². The van der Waals surface area contributed by atoms with Gasteiger partial charge in [-0.15, -0.1) is 0 Å². The largest absolute Gasteiger partial charge is 0.461 e. The molecule has 0 spiro atoms. The van der Waals surface area contributed by atoms with Gasteiger partial charge in [0.25, 0.3) is 0 Å². The highest BCUT2D eigenvalue weighted by atomic mass is 16.5. The van der Waals surface area contributed by atoms with E-state index in [2.05, 4.69) is 40.3 Å². The van der Waals surface area contributed by atoms with Gasteiger partial charge in [0, 0.05) is 0 Å². The topological polar surface area (TPSA) is 26.3 Å². The van der Waals surface area contributed by atoms with E-state index in [-0.39, 0.29) is 17.3 Å². The lowest BCUT2D eigenvalue weighted by molar-refractivity contribution is -0.144. The Hall–Kier alpha value is -1.05. The number of carbonyl (C=O) groups excluding carboxylic acids is 1. The van der Waals surface area contributed by atoms with Gasteiger partial charge in [-0.1, -0.05) is 38.2 Å². The zero-order chi connectivity index (χ0) is 11.6. The average molecular weight is 208 g/mol. The summed E-state index contributed by atoms with van der Waals surface area (Å²) < 4.78 is 5.08. The Morgan fingerprint density at radius 2 is 2.07 bits per heavy atom. The van der Waals surface area contributed by atoms with Crippen LogP contribution in [0, 0.1) is 17.3 Å². The van der Waals surface area contributed by atoms with Gasteiger partial charge in [-0.25, -0.2) is 0 Å². The lowest BCUT2D eigenvalue weighted by Crippen LogP contribution is -2.10. The molecule has 15 heavy (non-hydrogen) atoms. The summed E-state index contributed by atoms with van der Waals surface area (Å²) in [4.78, 5) is 11.7. The lowest BCUT2D eigenvalue weighted by Gasteiger charge is -2.02. The first-order valence-corrected chi connectivity index (χ1v) is 5.33. The molecular weight excluding hydrogens is 188 g/mol. The molecule has 1 fully saturated rings. The first-order valence-electron chi connectivity index (χ1n) is 5.33. The maximum absolute atomic E-state index is 11.7. The second-order valence-corrected chi connectivity index (χ2v) is 4.99. The van der Waals surface area contributed by atoms with Crippen molar-refractivity contribution in [1.29, 1.82) is 0 Å². The van der Waals surface area contributed by atoms with Crippen molar-refractivity contribution in [3.8, 4) is 0 Å². The number of rotatable bonds is 4. The minimum atomic E-state index is -0.0950. The van der Waals surface area contributed by atoms with Gasteiger partial charge in [-0.05, 0) is 25.2 Å². The molecule has 0 aromatic rings. The van der Waals surface area contributed by atoms with Crippen molar-refractivity contribution in [2.45, 2.75) is 27.7 Å². The van der Waals surface area contributed by atoms with Crippen LogP contribution in [-0.2, 0) is 9.53 Å². The summed E-state index contributed by atoms with van der Waals surface area (Å²) in [6.07, 6.45) is 3.77. The molecule has 0 N–H and O–H groups in total. The Balaban J connectivity index is 2.61. The second kappa shape index (κ2) is 4.21. The van der Waals surface area contributed by atoms with Gasteiger partial charge in [0.1, 0.15) is 6.61 Å². The van der Waals surface area contributed by atoms with E-state index in [9.17, 15) is 4.79 Å². The molecule has 0 amide bonds. The fraction of sp³-hybridized carbons (Fsp3) is 0.615. The fourth-order valence-electron chi connectivity index (χ4n) is 2.03. The van der Waals surface area contributed by atoms with Crippen LogP contribution in [0.4, 0.5) is 0 Å². The van der Waals surface area contributed by atoms with E-state index in [1.165, 1.54) is 5.57 Å². The Labute approximate surface area is 92.0 Å². The quantitative estimate of drug-likeness (QED) is 0.524. The number of esters is 1. The molecule has 0 radical (unpaired) electrons. The molecule has 84 valence electrons. The van der Waals surface area contributed by atoms with E-state index in [4.69, 9.17) is 4.74 Å². The van der Waals surface area contributed by atoms with Crippen LogP contribution in [0.25, 0.3) is 0 Å². The molecule has 1 aliphatic rings. The molecule has 2 heteroatoms. The highest BCUT2D eigenvalue weighted by Gasteiger charge is 2.61. The van der Waals surface area contributed by atoms with E-state index in [0.29, 0.717) is 12.5 Å². The van der Waals surface area contributed by atoms with Crippen LogP contribution in [0.1, 0.15) is 27.7 Å². The lowest BCUT2D eigenvalue weighted by atomic mass is 10.1. The first-order chi connectivity index (χ1) is 6.91. The van der Waals surface area contributed by atoms with Crippen molar-refractivity contribution in [3.63, 3.8) is 0 Å². The number of allylic oxidation sites excluding steroid dienone is 2. The van der Waals surface area contributed by atoms with Crippen LogP contribution in [0.5, 0.6) is 0 Å². The Kier molecular flexibility index (Phi) is 3.38. The van der Waals surface area contributed by atoms with Crippen molar-refractivity contribution in [2.75, 3.05) is 6.61 Å². The SMILES string of the molecule is C=CCOC(=O)C1C(C=C(C)C)C1(C)C. The third-order valence-electron chi connectivity index (χ3n) is 3.02. The third kappa shape index (κ3) is 2.49. The molecule has 2 atom stereocenters. The summed E-state index contributed by atoms with van der Waals surface area (Å²) in [5.41, 5.74) is 1.31. The highest BCUT2D eigenvalue weighted by Crippen LogP contribution is 2.59. The van der Waals surface area contributed by atoms with Crippen molar-refractivity contribution >= 4 is 5.97 Å². The standard InChI is InChI=1S/C13H20O2/c1-6-7-15-12(14)11-10(8-9(2)3)13(11,4)5/h6,8,10-11H,1,7H2,2-5H3. The van der Waals surface area contributed by atoms with E-state index in [1.807, 2.05) is 0 Å². The molecule has 2 unspecified atom stereocenters. The predicted molar refractivity (Wildman–Crippen MR) is 61.3 cm³/mol. The Bertz CT molecular complexity index is 296. The van der Waals surface area contributed by atoms with Crippen LogP contribution >= 0.6 is 0 Å². The van der Waals surface area contributed by atoms with Gasteiger partial charge >= 0.3 is 5.97 Å². The summed E-state index contributed by atoms with van der Waals surface area (Å²) in [5.74, 6) is 0.259. The summed E-state index contributed by atoms with van der Waals surface area (Å²) in [6.45, 7) is 12.2. The van der Waals surface area contributed by atoms with Crippen LogP contribution in [0.2, 0.25) is 0 Å². The number of hydrogen-bond acceptors (Lipinski definition) is 2. The van der Waals surface area contributed by atoms with Gasteiger partial charge in [0.2, 0.25) is 0 Å². The van der Waals surface area contributed by atoms with E-state index in [1.54, 1.807) is 6.08 Å². The number of carbonyl (C=O) groups is 1. The molecule has 0 heterocycles. The minimum Gasteiger partial charge on any atom is -0.461 e. The van der Waals surface area contributed by atoms with E-state index >= 15 is 0 Å². The van der Waals surface area contributed by atoms with Crippen molar-refractivity contribution in [3.05, 3.63) is 24.3 Å². The highest BCUT2D eigenvalue weighted by molar-refractivity contribution is 5.78. The molecule has 1 saturated carbocycles. The smallest absolute Gasteiger partial charge is 0.310 e. The normalized spacial score (nSPS) is 26.7. The molecule has 1 aliphatic carbocycles. The summed E-state index contributed by atoms with van der Waals surface area (Å²) >= 11 is 0. The monoisotopic (exact) mass is 208 g/mol. The van der Waals surface area contributed by atoms with E-state index in [0.717, 1.165) is 0 Å². The second-order valence-electron chi connectivity index (χ2n) is 4.99. The van der Waals surface area contributed by atoms with Gasteiger partial charge in [0.05, 0.1) is 5.92 Å². The molecular formula is C13H20O2. The fourth-order valence-corrected chi connectivity index (χ4v) is 2.03. The van der Waals surface area contributed by atoms with Gasteiger partial charge < -0.3 is 4.74 Å². The number of ether oxygens (including phenoxy) is 1. The third-order valence-corrected chi connectivity index (χ3v) is 3.02. The first kappa shape index (κ1) is 12.0. The average Bonchev–Trinajstić information content (AvgIpc) is 2.63. The maximum atomic E-state index is 11.7. The van der Waals surface area contributed by atoms with Crippen molar-refractivity contribution in [1.82, 2.24) is 0 Å². The van der Waals surface area contributed by atoms with Crippen molar-refractivity contribution in [2.24, 2.45) is 17.3 Å². The molecule has 0 aliphatic heterocycles. The van der Waals surface area contributed by atoms with Gasteiger partial charge in [-0.2, -0.15) is 0 Å². The van der Waals surface area contributed by atoms with Crippen LogP contribution in [-0.4, -0.2) is 12.6 Å². The summed E-state index contributed by atoms with van der Waals surface area (Å²) in [6, 6.07) is 0. The Morgan fingerprint density at radius 3 is 2.53 bits per heavy atom. The molecule has 0 bridgehead atoms. The van der Waals surface area contributed by atoms with Gasteiger partial charge in [0.15, 0.2) is 0 Å². The molecule has 0 aromatic carbocycles. The zero-order valence-electron chi connectivity index (χ0n) is 10.0. The van der Waals surface area contributed by atoms with Crippen LogP contribution in [0.15, 0.2) is 24.3 Å². The Morgan fingerprint density at radius 1 is 1.47 bits per heavy atom. The number of hydrogen-bond donors (Lipinski definition) is 0. The molecule has 0 aromatic heterocycles. The summed E-state index contributed by atoms with van der Waals surface area (Å²) in [5, 5.41) is 0. The maximum Gasteiger partial charge on any atom is 0.310 e. The van der Waals surface area contributed by atoms with Gasteiger partial charge in [-0.3, -0.25) is 4.79 Å². The molecule has 0 saturated heterocycles. The zero-order valence-corrected chi connectivity index (χ0v) is 10.0. The molecule has 1 rings (SSSR count). The van der Waals surface area contributed by atoms with Crippen molar-refractivity contribution < 1.29 is 9.53 Å². The molecule has 2 nitrogen and oxygen atoms in total. The van der Waals surface area contributed by atoms with Crippen LogP contribution < -0.4 is 0 Å².